The maximum atomic E-state index is 12.1. The number of carbonyl (C=O) groups is 1. The van der Waals surface area contributed by atoms with Crippen LogP contribution in [0.5, 0.6) is 0 Å². The zero-order valence-corrected chi connectivity index (χ0v) is 13.9. The first-order chi connectivity index (χ1) is 10.0. The van der Waals surface area contributed by atoms with Gasteiger partial charge in [0.05, 0.1) is 11.2 Å². The van der Waals surface area contributed by atoms with Gasteiger partial charge in [-0.05, 0) is 58.3 Å². The lowest BCUT2D eigenvalue weighted by Crippen LogP contribution is -2.68. The molecule has 0 aromatic rings. The van der Waals surface area contributed by atoms with Crippen LogP contribution in [0.15, 0.2) is 12.2 Å². The monoisotopic (exact) mass is 308 g/mol. The second-order valence-corrected chi connectivity index (χ2v) is 8.49. The van der Waals surface area contributed by atoms with Gasteiger partial charge in [0, 0.05) is 17.4 Å². The molecule has 3 unspecified atom stereocenters. The summed E-state index contributed by atoms with van der Waals surface area (Å²) in [5.41, 5.74) is -2.23. The van der Waals surface area contributed by atoms with E-state index in [9.17, 15) is 15.0 Å². The Balaban J connectivity index is 1.97. The van der Waals surface area contributed by atoms with Crippen molar-refractivity contribution in [2.24, 2.45) is 11.3 Å². The summed E-state index contributed by atoms with van der Waals surface area (Å²) in [5.74, 6) is -0.0558. The fourth-order valence-electron chi connectivity index (χ4n) is 5.77. The average molecular weight is 308 g/mol. The molecule has 0 spiro atoms. The van der Waals surface area contributed by atoms with Crippen molar-refractivity contribution in [3.8, 4) is 0 Å². The van der Waals surface area contributed by atoms with E-state index in [-0.39, 0.29) is 11.4 Å². The van der Waals surface area contributed by atoms with Crippen molar-refractivity contribution in [3.63, 3.8) is 0 Å². The van der Waals surface area contributed by atoms with Gasteiger partial charge >= 0.3 is 5.97 Å². The highest BCUT2D eigenvalue weighted by Gasteiger charge is 2.68. The second kappa shape index (κ2) is 4.57. The Labute approximate surface area is 132 Å². The molecule has 0 radical (unpaired) electrons. The van der Waals surface area contributed by atoms with Gasteiger partial charge in [0.15, 0.2) is 0 Å². The van der Waals surface area contributed by atoms with Crippen LogP contribution in [0.1, 0.15) is 65.7 Å². The normalized spacial score (nSPS) is 45.4. The van der Waals surface area contributed by atoms with Crippen LogP contribution in [0, 0.1) is 11.3 Å². The Morgan fingerprint density at radius 3 is 2.18 bits per heavy atom. The van der Waals surface area contributed by atoms with E-state index in [0.29, 0.717) is 37.2 Å². The zero-order valence-electron chi connectivity index (χ0n) is 13.9. The Hall–Kier alpha value is -0.870. The van der Waals surface area contributed by atoms with Crippen LogP contribution in [-0.4, -0.2) is 33.0 Å². The number of hydrogen-bond acceptors (Lipinski definition) is 4. The van der Waals surface area contributed by atoms with Gasteiger partial charge in [0.2, 0.25) is 0 Å². The van der Waals surface area contributed by atoms with E-state index >= 15 is 0 Å². The number of hydrogen-bond donors (Lipinski definition) is 2. The van der Waals surface area contributed by atoms with Gasteiger partial charge < -0.3 is 14.9 Å². The quantitative estimate of drug-likeness (QED) is 0.619. The Kier molecular flexibility index (Phi) is 3.33. The molecule has 0 aromatic carbocycles. The van der Waals surface area contributed by atoms with Crippen LogP contribution in [0.2, 0.25) is 0 Å². The van der Waals surface area contributed by atoms with E-state index in [1.54, 1.807) is 6.92 Å². The Morgan fingerprint density at radius 1 is 1.23 bits per heavy atom. The average Bonchev–Trinajstić information content (AvgIpc) is 2.33. The van der Waals surface area contributed by atoms with Crippen LogP contribution in [0.3, 0.4) is 0 Å². The van der Waals surface area contributed by atoms with Gasteiger partial charge in [0.25, 0.3) is 0 Å². The summed E-state index contributed by atoms with van der Waals surface area (Å²) in [4.78, 5) is 12.1. The lowest BCUT2D eigenvalue weighted by molar-refractivity contribution is -0.275. The predicted octanol–water partition coefficient (Wildman–Crippen LogP) is 2.72. The van der Waals surface area contributed by atoms with Gasteiger partial charge in [-0.3, -0.25) is 0 Å². The highest BCUT2D eigenvalue weighted by molar-refractivity contribution is 5.87. The minimum atomic E-state index is -0.805. The minimum Gasteiger partial charge on any atom is -0.455 e. The topological polar surface area (TPSA) is 66.8 Å². The first kappa shape index (κ1) is 16.0. The van der Waals surface area contributed by atoms with E-state index in [4.69, 9.17) is 4.74 Å². The van der Waals surface area contributed by atoms with Gasteiger partial charge in [-0.25, -0.2) is 4.79 Å². The molecule has 0 amide bonds. The van der Waals surface area contributed by atoms with Crippen LogP contribution in [0.25, 0.3) is 0 Å². The molecule has 4 saturated carbocycles. The highest BCUT2D eigenvalue weighted by Crippen LogP contribution is 2.67. The summed E-state index contributed by atoms with van der Waals surface area (Å²) in [6, 6.07) is 0. The van der Waals surface area contributed by atoms with Gasteiger partial charge in [-0.1, -0.05) is 13.5 Å². The third-order valence-corrected chi connectivity index (χ3v) is 6.47. The van der Waals surface area contributed by atoms with Crippen molar-refractivity contribution in [3.05, 3.63) is 12.2 Å². The maximum Gasteiger partial charge on any atom is 0.333 e. The SMILES string of the molecule is C=C(C)C(=O)OC(C)(CC)C12CC3CC(O)(CC(O)(C3)C1)C2. The van der Waals surface area contributed by atoms with Crippen molar-refractivity contribution in [2.45, 2.75) is 82.5 Å². The van der Waals surface area contributed by atoms with E-state index in [0.717, 1.165) is 19.3 Å². The van der Waals surface area contributed by atoms with Crippen LogP contribution >= 0.6 is 0 Å². The molecule has 4 heteroatoms. The van der Waals surface area contributed by atoms with Gasteiger partial charge in [0.1, 0.15) is 5.60 Å². The first-order valence-corrected chi connectivity index (χ1v) is 8.38. The Bertz CT molecular complexity index is 507. The Morgan fingerprint density at radius 2 is 1.77 bits per heavy atom. The molecule has 4 aliphatic rings. The zero-order chi connectivity index (χ0) is 16.4. The molecule has 0 heterocycles. The third kappa shape index (κ3) is 2.23. The minimum absolute atomic E-state index is 0.320. The molecule has 3 atom stereocenters. The molecule has 124 valence electrons. The molecule has 4 rings (SSSR count). The molecular formula is C18H28O4. The molecule has 22 heavy (non-hydrogen) atoms. The fourth-order valence-corrected chi connectivity index (χ4v) is 5.77. The van der Waals surface area contributed by atoms with E-state index in [1.807, 2.05) is 13.8 Å². The van der Waals surface area contributed by atoms with Crippen molar-refractivity contribution in [1.29, 1.82) is 0 Å². The highest BCUT2D eigenvalue weighted by atomic mass is 16.6. The molecule has 4 fully saturated rings. The van der Waals surface area contributed by atoms with Crippen molar-refractivity contribution in [2.75, 3.05) is 0 Å². The van der Waals surface area contributed by atoms with Gasteiger partial charge in [-0.2, -0.15) is 0 Å². The number of aliphatic hydroxyl groups is 2. The van der Waals surface area contributed by atoms with Gasteiger partial charge in [-0.15, -0.1) is 0 Å². The molecule has 2 N–H and O–H groups in total. The summed E-state index contributed by atoms with van der Waals surface area (Å²) >= 11 is 0. The third-order valence-electron chi connectivity index (χ3n) is 6.47. The summed E-state index contributed by atoms with van der Waals surface area (Å²) in [5, 5.41) is 21.8. The number of ether oxygens (including phenoxy) is 1. The lowest BCUT2D eigenvalue weighted by atomic mass is 9.42. The summed E-state index contributed by atoms with van der Waals surface area (Å²) in [6.45, 7) is 9.30. The number of carbonyl (C=O) groups excluding carboxylic acids is 1. The first-order valence-electron chi connectivity index (χ1n) is 8.38. The lowest BCUT2D eigenvalue weighted by Gasteiger charge is -2.67. The largest absolute Gasteiger partial charge is 0.455 e. The van der Waals surface area contributed by atoms with Crippen LogP contribution in [0.4, 0.5) is 0 Å². The van der Waals surface area contributed by atoms with Crippen molar-refractivity contribution < 1.29 is 19.7 Å². The second-order valence-electron chi connectivity index (χ2n) is 8.49. The summed E-state index contributed by atoms with van der Waals surface area (Å²) < 4.78 is 5.86. The van der Waals surface area contributed by atoms with Crippen molar-refractivity contribution >= 4 is 5.97 Å². The molecule has 4 bridgehead atoms. The molecular weight excluding hydrogens is 280 g/mol. The summed E-state index contributed by atoms with van der Waals surface area (Å²) in [7, 11) is 0. The predicted molar refractivity (Wildman–Crippen MR) is 83.1 cm³/mol. The smallest absolute Gasteiger partial charge is 0.333 e. The fraction of sp³-hybridized carbons (Fsp3) is 0.833. The van der Waals surface area contributed by atoms with Crippen LogP contribution in [-0.2, 0) is 9.53 Å². The molecule has 4 aliphatic carbocycles. The molecule has 0 aromatic heterocycles. The van der Waals surface area contributed by atoms with Crippen LogP contribution < -0.4 is 0 Å². The number of esters is 1. The standard InChI is InChI=1S/C18H28O4/c1-5-15(4,22-14(19)12(2)3)16-6-13-7-17(20,9-16)11-18(21,8-13)10-16/h13,20-21H,2,5-11H2,1,3-4H3. The molecule has 4 nitrogen and oxygen atoms in total. The van der Waals surface area contributed by atoms with Crippen molar-refractivity contribution in [1.82, 2.24) is 0 Å². The van der Waals surface area contributed by atoms with E-state index < -0.39 is 16.8 Å². The molecule has 0 aliphatic heterocycles. The molecule has 0 saturated heterocycles. The maximum absolute atomic E-state index is 12.1. The van der Waals surface area contributed by atoms with E-state index in [2.05, 4.69) is 6.58 Å². The van der Waals surface area contributed by atoms with E-state index in [1.165, 1.54) is 0 Å². The summed E-state index contributed by atoms with van der Waals surface area (Å²) in [6.07, 6.45) is 4.83. The number of rotatable bonds is 4.